The van der Waals surface area contributed by atoms with Crippen molar-refractivity contribution in [3.8, 4) is 23.1 Å². The Morgan fingerprint density at radius 3 is 2.68 bits per heavy atom. The van der Waals surface area contributed by atoms with Crippen LogP contribution in [0.2, 0.25) is 0 Å². The first kappa shape index (κ1) is 18.3. The van der Waals surface area contributed by atoms with Gasteiger partial charge in [-0.1, -0.05) is 22.0 Å². The van der Waals surface area contributed by atoms with E-state index < -0.39 is 0 Å². The molecule has 0 unspecified atom stereocenters. The van der Waals surface area contributed by atoms with Gasteiger partial charge in [0.05, 0.1) is 0 Å². The minimum Gasteiger partial charge on any atom is -0.486 e. The number of benzene rings is 2. The van der Waals surface area contributed by atoms with Gasteiger partial charge in [0.2, 0.25) is 5.88 Å². The second kappa shape index (κ2) is 8.31. The third-order valence-electron chi connectivity index (χ3n) is 4.10. The number of fused-ring (bicyclic) bond motifs is 1. The zero-order chi connectivity index (χ0) is 19.3. The SMILES string of the molecule is O=C(NCc1ccc2c(c1)OCCO2)c1cccnc1Oc1ccc(Br)cc1. The second-order valence-electron chi connectivity index (χ2n) is 6.07. The summed E-state index contributed by atoms with van der Waals surface area (Å²) in [7, 11) is 0. The largest absolute Gasteiger partial charge is 0.486 e. The molecule has 2 aromatic carbocycles. The molecule has 0 spiro atoms. The van der Waals surface area contributed by atoms with Gasteiger partial charge in [0.1, 0.15) is 24.5 Å². The maximum absolute atomic E-state index is 12.7. The van der Waals surface area contributed by atoms with Crippen LogP contribution in [0.4, 0.5) is 0 Å². The van der Waals surface area contributed by atoms with Crippen LogP contribution in [0, 0.1) is 0 Å². The van der Waals surface area contributed by atoms with E-state index >= 15 is 0 Å². The molecule has 1 aliphatic rings. The topological polar surface area (TPSA) is 69.7 Å². The van der Waals surface area contributed by atoms with Crippen molar-refractivity contribution in [1.29, 1.82) is 0 Å². The number of ether oxygens (including phenoxy) is 3. The van der Waals surface area contributed by atoms with Crippen molar-refractivity contribution in [3.63, 3.8) is 0 Å². The minimum atomic E-state index is -0.268. The third kappa shape index (κ3) is 4.26. The molecule has 3 aromatic rings. The van der Waals surface area contributed by atoms with E-state index in [0.717, 1.165) is 15.8 Å². The Labute approximate surface area is 170 Å². The molecule has 0 saturated carbocycles. The lowest BCUT2D eigenvalue weighted by Crippen LogP contribution is -2.23. The summed E-state index contributed by atoms with van der Waals surface area (Å²) in [5.74, 6) is 2.00. The van der Waals surface area contributed by atoms with Gasteiger partial charge in [0.15, 0.2) is 11.5 Å². The van der Waals surface area contributed by atoms with Crippen LogP contribution in [-0.4, -0.2) is 24.1 Å². The molecule has 0 radical (unpaired) electrons. The fourth-order valence-corrected chi connectivity index (χ4v) is 3.00. The van der Waals surface area contributed by atoms with Crippen LogP contribution in [0.1, 0.15) is 15.9 Å². The first-order valence-corrected chi connectivity index (χ1v) is 9.53. The summed E-state index contributed by atoms with van der Waals surface area (Å²) in [6.07, 6.45) is 1.59. The van der Waals surface area contributed by atoms with E-state index in [4.69, 9.17) is 14.2 Å². The number of amides is 1. The quantitative estimate of drug-likeness (QED) is 0.638. The average molecular weight is 441 g/mol. The monoisotopic (exact) mass is 440 g/mol. The number of hydrogen-bond donors (Lipinski definition) is 1. The van der Waals surface area contributed by atoms with Crippen LogP contribution < -0.4 is 19.5 Å². The normalized spacial score (nSPS) is 12.3. The molecule has 4 rings (SSSR count). The summed E-state index contributed by atoms with van der Waals surface area (Å²) < 4.78 is 17.8. The van der Waals surface area contributed by atoms with E-state index in [0.29, 0.717) is 36.8 Å². The molecule has 2 heterocycles. The molecule has 0 bridgehead atoms. The standard InChI is InChI=1S/C21H17BrN2O4/c22-15-4-6-16(7-5-15)28-21-17(2-1-9-23-21)20(25)24-13-14-3-8-18-19(12-14)27-11-10-26-18/h1-9,12H,10-11,13H2,(H,24,25). The van der Waals surface area contributed by atoms with E-state index in [-0.39, 0.29) is 11.8 Å². The van der Waals surface area contributed by atoms with Crippen LogP contribution in [0.15, 0.2) is 65.3 Å². The Bertz CT molecular complexity index is 992. The molecule has 142 valence electrons. The average Bonchev–Trinajstić information content (AvgIpc) is 2.74. The van der Waals surface area contributed by atoms with Gasteiger partial charge >= 0.3 is 0 Å². The van der Waals surface area contributed by atoms with Crippen LogP contribution in [-0.2, 0) is 6.54 Å². The molecule has 6 nitrogen and oxygen atoms in total. The molecule has 1 amide bonds. The number of pyridine rings is 1. The first-order chi connectivity index (χ1) is 13.7. The number of nitrogens with zero attached hydrogens (tertiary/aromatic N) is 1. The van der Waals surface area contributed by atoms with Crippen LogP contribution in [0.3, 0.4) is 0 Å². The molecule has 0 aliphatic carbocycles. The number of aromatic nitrogens is 1. The Balaban J connectivity index is 1.45. The maximum atomic E-state index is 12.7. The highest BCUT2D eigenvalue weighted by Crippen LogP contribution is 2.31. The van der Waals surface area contributed by atoms with Crippen molar-refractivity contribution in [1.82, 2.24) is 10.3 Å². The fraction of sp³-hybridized carbons (Fsp3) is 0.143. The summed E-state index contributed by atoms with van der Waals surface area (Å²) in [4.78, 5) is 16.9. The summed E-state index contributed by atoms with van der Waals surface area (Å²) >= 11 is 3.38. The molecule has 1 aliphatic heterocycles. The van der Waals surface area contributed by atoms with Crippen LogP contribution in [0.25, 0.3) is 0 Å². The molecule has 0 fully saturated rings. The lowest BCUT2D eigenvalue weighted by Gasteiger charge is -2.19. The fourth-order valence-electron chi connectivity index (χ4n) is 2.73. The highest BCUT2D eigenvalue weighted by molar-refractivity contribution is 9.10. The molecule has 0 saturated heterocycles. The third-order valence-corrected chi connectivity index (χ3v) is 4.63. The van der Waals surface area contributed by atoms with Gasteiger partial charge in [0.25, 0.3) is 5.91 Å². The highest BCUT2D eigenvalue weighted by Gasteiger charge is 2.16. The van der Waals surface area contributed by atoms with E-state index in [1.807, 2.05) is 30.3 Å². The number of carbonyl (C=O) groups excluding carboxylic acids is 1. The number of halogens is 1. The smallest absolute Gasteiger partial charge is 0.257 e. The van der Waals surface area contributed by atoms with Crippen molar-refractivity contribution in [3.05, 3.63) is 76.4 Å². The van der Waals surface area contributed by atoms with E-state index in [1.54, 1.807) is 30.5 Å². The van der Waals surface area contributed by atoms with Crippen molar-refractivity contribution in [2.75, 3.05) is 13.2 Å². The molecular weight excluding hydrogens is 424 g/mol. The summed E-state index contributed by atoms with van der Waals surface area (Å²) in [6, 6.07) is 16.3. The summed E-state index contributed by atoms with van der Waals surface area (Å²) in [5.41, 5.74) is 1.28. The predicted octanol–water partition coefficient (Wildman–Crippen LogP) is 4.34. The number of rotatable bonds is 5. The van der Waals surface area contributed by atoms with Gasteiger partial charge in [0, 0.05) is 17.2 Å². The summed E-state index contributed by atoms with van der Waals surface area (Å²) in [5, 5.41) is 2.89. The Morgan fingerprint density at radius 1 is 1.07 bits per heavy atom. The zero-order valence-corrected chi connectivity index (χ0v) is 16.4. The molecular formula is C21H17BrN2O4. The Kier molecular flexibility index (Phi) is 5.43. The highest BCUT2D eigenvalue weighted by atomic mass is 79.9. The molecule has 0 atom stereocenters. The van der Waals surface area contributed by atoms with Gasteiger partial charge < -0.3 is 19.5 Å². The second-order valence-corrected chi connectivity index (χ2v) is 6.99. The predicted molar refractivity (Wildman–Crippen MR) is 107 cm³/mol. The Morgan fingerprint density at radius 2 is 1.86 bits per heavy atom. The maximum Gasteiger partial charge on any atom is 0.257 e. The van der Waals surface area contributed by atoms with Gasteiger partial charge in [-0.25, -0.2) is 4.98 Å². The van der Waals surface area contributed by atoms with Crippen LogP contribution >= 0.6 is 15.9 Å². The van der Waals surface area contributed by atoms with E-state index in [9.17, 15) is 4.79 Å². The lowest BCUT2D eigenvalue weighted by atomic mass is 10.2. The van der Waals surface area contributed by atoms with Crippen molar-refractivity contribution in [2.24, 2.45) is 0 Å². The van der Waals surface area contributed by atoms with Gasteiger partial charge in [-0.05, 0) is 54.1 Å². The number of nitrogens with one attached hydrogen (secondary N) is 1. The van der Waals surface area contributed by atoms with Crippen molar-refractivity contribution >= 4 is 21.8 Å². The van der Waals surface area contributed by atoms with Crippen LogP contribution in [0.5, 0.6) is 23.1 Å². The summed E-state index contributed by atoms with van der Waals surface area (Å²) in [6.45, 7) is 1.42. The molecule has 7 heteroatoms. The van der Waals surface area contributed by atoms with Crippen molar-refractivity contribution < 1.29 is 19.0 Å². The molecule has 28 heavy (non-hydrogen) atoms. The van der Waals surface area contributed by atoms with Gasteiger partial charge in [-0.15, -0.1) is 0 Å². The Hall–Kier alpha value is -3.06. The van der Waals surface area contributed by atoms with Gasteiger partial charge in [-0.2, -0.15) is 0 Å². The van der Waals surface area contributed by atoms with E-state index in [1.165, 1.54) is 0 Å². The lowest BCUT2D eigenvalue weighted by molar-refractivity contribution is 0.0948. The molecule has 1 N–H and O–H groups in total. The van der Waals surface area contributed by atoms with E-state index in [2.05, 4.69) is 26.2 Å². The zero-order valence-electron chi connectivity index (χ0n) is 14.9. The minimum absolute atomic E-state index is 0.254. The number of hydrogen-bond acceptors (Lipinski definition) is 5. The first-order valence-electron chi connectivity index (χ1n) is 8.74. The van der Waals surface area contributed by atoms with Crippen molar-refractivity contribution in [2.45, 2.75) is 6.54 Å². The number of carbonyl (C=O) groups is 1. The molecule has 1 aromatic heterocycles. The van der Waals surface area contributed by atoms with Gasteiger partial charge in [-0.3, -0.25) is 4.79 Å².